The first-order valence-corrected chi connectivity index (χ1v) is 9.75. The molecule has 0 saturated carbocycles. The SMILES string of the molecule is CC(C)C(Cc1ccccc1)C(=O)O.CC(C)CC(=O)OCc1ccccc1. The van der Waals surface area contributed by atoms with Crippen LogP contribution in [0.25, 0.3) is 0 Å². The van der Waals surface area contributed by atoms with Crippen molar-refractivity contribution in [3.8, 4) is 0 Å². The Morgan fingerprint density at radius 3 is 1.79 bits per heavy atom. The summed E-state index contributed by atoms with van der Waals surface area (Å²) in [6.45, 7) is 8.28. The topological polar surface area (TPSA) is 63.6 Å². The zero-order valence-electron chi connectivity index (χ0n) is 17.3. The first kappa shape index (κ1) is 23.4. The summed E-state index contributed by atoms with van der Waals surface area (Å²) in [4.78, 5) is 22.1. The second-order valence-corrected chi connectivity index (χ2v) is 7.62. The number of aliphatic carboxylic acids is 1. The molecule has 2 aromatic rings. The second-order valence-electron chi connectivity index (χ2n) is 7.62. The molecule has 4 heteroatoms. The van der Waals surface area contributed by atoms with Gasteiger partial charge in [0.2, 0.25) is 0 Å². The predicted octanol–water partition coefficient (Wildman–Crippen LogP) is 5.36. The molecule has 0 aliphatic heterocycles. The van der Waals surface area contributed by atoms with Gasteiger partial charge in [0, 0.05) is 6.42 Å². The van der Waals surface area contributed by atoms with E-state index in [1.54, 1.807) is 0 Å². The Hall–Kier alpha value is -2.62. The lowest BCUT2D eigenvalue weighted by Crippen LogP contribution is -2.22. The zero-order valence-corrected chi connectivity index (χ0v) is 17.3. The molecule has 0 amide bonds. The Labute approximate surface area is 168 Å². The van der Waals surface area contributed by atoms with Crippen LogP contribution in [0, 0.1) is 17.8 Å². The molecule has 0 radical (unpaired) electrons. The van der Waals surface area contributed by atoms with Crippen LogP contribution in [0.3, 0.4) is 0 Å². The molecular weight excluding hydrogens is 352 g/mol. The first-order valence-electron chi connectivity index (χ1n) is 9.75. The second kappa shape index (κ2) is 12.7. The summed E-state index contributed by atoms with van der Waals surface area (Å²) in [6, 6.07) is 19.5. The van der Waals surface area contributed by atoms with Gasteiger partial charge in [0.1, 0.15) is 6.61 Å². The Bertz CT molecular complexity index is 691. The lowest BCUT2D eigenvalue weighted by Gasteiger charge is -2.15. The van der Waals surface area contributed by atoms with Crippen molar-refractivity contribution >= 4 is 11.9 Å². The van der Waals surface area contributed by atoms with E-state index >= 15 is 0 Å². The van der Waals surface area contributed by atoms with E-state index in [4.69, 9.17) is 9.84 Å². The van der Waals surface area contributed by atoms with Crippen LogP contribution in [0.1, 0.15) is 45.2 Å². The summed E-state index contributed by atoms with van der Waals surface area (Å²) in [6.07, 6.45) is 1.11. The standard InChI is InChI=1S/2C12H16O2/c1-10(2)8-12(13)14-9-11-6-4-3-5-7-11;1-9(2)11(12(13)14)8-10-6-4-3-5-7-10/h3-7,10H,8-9H2,1-2H3;3-7,9,11H,8H2,1-2H3,(H,13,14). The maximum Gasteiger partial charge on any atom is 0.307 e. The average molecular weight is 385 g/mol. The molecule has 0 aromatic heterocycles. The summed E-state index contributed by atoms with van der Waals surface area (Å²) < 4.78 is 5.10. The van der Waals surface area contributed by atoms with Crippen LogP contribution in [0.5, 0.6) is 0 Å². The van der Waals surface area contributed by atoms with E-state index in [0.717, 1.165) is 11.1 Å². The third-order valence-electron chi connectivity index (χ3n) is 4.24. The maximum atomic E-state index is 11.2. The quantitative estimate of drug-likeness (QED) is 0.622. The smallest absolute Gasteiger partial charge is 0.307 e. The molecule has 0 spiro atoms. The van der Waals surface area contributed by atoms with Gasteiger partial charge in [-0.15, -0.1) is 0 Å². The van der Waals surface area contributed by atoms with E-state index in [2.05, 4.69) is 0 Å². The molecule has 0 saturated heterocycles. The van der Waals surface area contributed by atoms with Crippen LogP contribution in [0.15, 0.2) is 60.7 Å². The van der Waals surface area contributed by atoms with Gasteiger partial charge in [-0.1, -0.05) is 88.4 Å². The van der Waals surface area contributed by atoms with E-state index in [1.807, 2.05) is 88.4 Å². The van der Waals surface area contributed by atoms with Crippen molar-refractivity contribution < 1.29 is 19.4 Å². The maximum absolute atomic E-state index is 11.2. The van der Waals surface area contributed by atoms with Crippen LogP contribution in [-0.4, -0.2) is 17.0 Å². The van der Waals surface area contributed by atoms with Gasteiger partial charge < -0.3 is 9.84 Å². The van der Waals surface area contributed by atoms with Crippen LogP contribution >= 0.6 is 0 Å². The monoisotopic (exact) mass is 384 g/mol. The van der Waals surface area contributed by atoms with Gasteiger partial charge in [-0.25, -0.2) is 0 Å². The summed E-state index contributed by atoms with van der Waals surface area (Å²) in [5, 5.41) is 9.00. The van der Waals surface area contributed by atoms with Gasteiger partial charge in [0.25, 0.3) is 0 Å². The van der Waals surface area contributed by atoms with Crippen LogP contribution in [0.4, 0.5) is 0 Å². The third kappa shape index (κ3) is 9.91. The predicted molar refractivity (Wildman–Crippen MR) is 112 cm³/mol. The van der Waals surface area contributed by atoms with Crippen LogP contribution in [-0.2, 0) is 27.4 Å². The fraction of sp³-hybridized carbons (Fsp3) is 0.417. The first-order chi connectivity index (χ1) is 13.3. The number of ether oxygens (including phenoxy) is 1. The fourth-order valence-electron chi connectivity index (χ4n) is 2.61. The summed E-state index contributed by atoms with van der Waals surface area (Å²) in [7, 11) is 0. The summed E-state index contributed by atoms with van der Waals surface area (Å²) in [5.41, 5.74) is 2.12. The molecule has 28 heavy (non-hydrogen) atoms. The Morgan fingerprint density at radius 2 is 1.36 bits per heavy atom. The van der Waals surface area contributed by atoms with Crippen molar-refractivity contribution in [1.29, 1.82) is 0 Å². The van der Waals surface area contributed by atoms with Crippen molar-refractivity contribution in [3.05, 3.63) is 71.8 Å². The Kier molecular flexibility index (Phi) is 10.6. The van der Waals surface area contributed by atoms with Crippen molar-refractivity contribution in [3.63, 3.8) is 0 Å². The van der Waals surface area contributed by atoms with Crippen molar-refractivity contribution in [2.45, 2.75) is 47.1 Å². The molecule has 0 aliphatic rings. The van der Waals surface area contributed by atoms with Crippen molar-refractivity contribution in [1.82, 2.24) is 0 Å². The van der Waals surface area contributed by atoms with Crippen LogP contribution in [0.2, 0.25) is 0 Å². The number of carboxylic acid groups (broad SMARTS) is 1. The van der Waals surface area contributed by atoms with Gasteiger partial charge >= 0.3 is 11.9 Å². The minimum absolute atomic E-state index is 0.121. The van der Waals surface area contributed by atoms with E-state index < -0.39 is 5.97 Å². The highest BCUT2D eigenvalue weighted by Crippen LogP contribution is 2.17. The van der Waals surface area contributed by atoms with Crippen molar-refractivity contribution in [2.24, 2.45) is 17.8 Å². The Balaban J connectivity index is 0.000000280. The molecule has 4 nitrogen and oxygen atoms in total. The molecule has 0 heterocycles. The third-order valence-corrected chi connectivity index (χ3v) is 4.24. The summed E-state index contributed by atoms with van der Waals surface area (Å²) >= 11 is 0. The van der Waals surface area contributed by atoms with E-state index in [0.29, 0.717) is 25.4 Å². The molecule has 1 unspecified atom stereocenters. The molecule has 152 valence electrons. The largest absolute Gasteiger partial charge is 0.481 e. The van der Waals surface area contributed by atoms with Gasteiger partial charge in [-0.3, -0.25) is 9.59 Å². The lowest BCUT2D eigenvalue weighted by atomic mass is 9.89. The zero-order chi connectivity index (χ0) is 20.9. The molecule has 1 atom stereocenters. The molecule has 0 bridgehead atoms. The normalized spacial score (nSPS) is 11.5. The molecular formula is C24H32O4. The number of hydrogen-bond donors (Lipinski definition) is 1. The Morgan fingerprint density at radius 1 is 0.857 bits per heavy atom. The molecule has 0 fully saturated rings. The van der Waals surface area contributed by atoms with Gasteiger partial charge in [-0.05, 0) is 29.4 Å². The minimum atomic E-state index is -0.705. The molecule has 1 N–H and O–H groups in total. The fourth-order valence-corrected chi connectivity index (χ4v) is 2.61. The van der Waals surface area contributed by atoms with Crippen LogP contribution < -0.4 is 0 Å². The number of rotatable bonds is 8. The summed E-state index contributed by atoms with van der Waals surface area (Å²) in [5.74, 6) is -0.573. The van der Waals surface area contributed by atoms with E-state index in [9.17, 15) is 9.59 Å². The number of carbonyl (C=O) groups excluding carboxylic acids is 1. The highest BCUT2D eigenvalue weighted by Gasteiger charge is 2.21. The van der Waals surface area contributed by atoms with Gasteiger partial charge in [0.15, 0.2) is 0 Å². The molecule has 0 aliphatic carbocycles. The van der Waals surface area contributed by atoms with Gasteiger partial charge in [0.05, 0.1) is 5.92 Å². The highest BCUT2D eigenvalue weighted by atomic mass is 16.5. The minimum Gasteiger partial charge on any atom is -0.481 e. The molecule has 2 rings (SSSR count). The number of esters is 1. The number of carboxylic acids is 1. The average Bonchev–Trinajstić information content (AvgIpc) is 2.65. The van der Waals surface area contributed by atoms with E-state index in [-0.39, 0.29) is 17.8 Å². The lowest BCUT2D eigenvalue weighted by molar-refractivity contribution is -0.146. The number of carbonyl (C=O) groups is 2. The number of benzene rings is 2. The van der Waals surface area contributed by atoms with E-state index in [1.165, 1.54) is 0 Å². The molecule has 2 aromatic carbocycles. The van der Waals surface area contributed by atoms with Crippen molar-refractivity contribution in [2.75, 3.05) is 0 Å². The number of hydrogen-bond acceptors (Lipinski definition) is 3. The van der Waals surface area contributed by atoms with Gasteiger partial charge in [-0.2, -0.15) is 0 Å². The highest BCUT2D eigenvalue weighted by molar-refractivity contribution is 5.70.